The molecule has 2 unspecified atom stereocenters. The zero-order valence-corrected chi connectivity index (χ0v) is 25.5. The molecular weight excluding hydrogens is 590 g/mol. The number of carbonyl (C=O) groups excluding carboxylic acids is 4. The van der Waals surface area contributed by atoms with Gasteiger partial charge in [-0.2, -0.15) is 4.31 Å². The van der Waals surface area contributed by atoms with E-state index < -0.39 is 64.2 Å². The van der Waals surface area contributed by atoms with Gasteiger partial charge in [-0.3, -0.25) is 24.2 Å². The average Bonchev–Trinajstić information content (AvgIpc) is 3.34. The highest BCUT2D eigenvalue weighted by molar-refractivity contribution is 7.89. The van der Waals surface area contributed by atoms with E-state index in [1.54, 1.807) is 38.1 Å². The number of nitrogens with zero attached hydrogens (tertiary/aromatic N) is 3. The molecule has 3 amide bonds. The predicted octanol–water partition coefficient (Wildman–Crippen LogP) is 1.10. The molecule has 5 rings (SSSR count). The van der Waals surface area contributed by atoms with Gasteiger partial charge in [0.1, 0.15) is 23.8 Å². The van der Waals surface area contributed by atoms with Crippen molar-refractivity contribution in [2.45, 2.75) is 70.0 Å². The minimum absolute atomic E-state index is 0.000332. The quantitative estimate of drug-likeness (QED) is 0.306. The normalized spacial score (nSPS) is 26.8. The highest BCUT2D eigenvalue weighted by Crippen LogP contribution is 2.27. The second-order valence-corrected chi connectivity index (χ2v) is 13.1. The third-order valence-corrected chi connectivity index (χ3v) is 10.0. The lowest BCUT2D eigenvalue weighted by molar-refractivity contribution is -0.165. The fourth-order valence-electron chi connectivity index (χ4n) is 5.94. The van der Waals surface area contributed by atoms with Crippen LogP contribution in [0.2, 0.25) is 0 Å². The van der Waals surface area contributed by atoms with Crippen molar-refractivity contribution >= 4 is 44.5 Å². The van der Waals surface area contributed by atoms with Gasteiger partial charge in [-0.1, -0.05) is 43.3 Å². The number of amides is 3. The van der Waals surface area contributed by atoms with E-state index in [4.69, 9.17) is 9.47 Å². The lowest BCUT2D eigenvalue weighted by Gasteiger charge is -2.47. The summed E-state index contributed by atoms with van der Waals surface area (Å²) in [4.78, 5) is 59.2. The number of benzene rings is 1. The summed E-state index contributed by atoms with van der Waals surface area (Å²) in [6.45, 7) is 3.44. The van der Waals surface area contributed by atoms with E-state index in [1.165, 1.54) is 15.4 Å². The van der Waals surface area contributed by atoms with E-state index in [0.29, 0.717) is 18.2 Å². The SMILES string of the molecule is CCCS(=O)(=O)N1C[C@@H]2C/C=C\C[C@H](NC(=O)c3nccc4ccccc34)C(=O)N2[C@H](C(=O)NC2CC(=O)OC2OCC)C1. The third-order valence-electron chi connectivity index (χ3n) is 7.99. The molecule has 0 bridgehead atoms. The Balaban J connectivity index is 1.44. The zero-order chi connectivity index (χ0) is 31.4. The van der Waals surface area contributed by atoms with Crippen molar-refractivity contribution in [3.05, 3.63) is 54.4 Å². The molecule has 0 spiro atoms. The number of piperazine rings is 1. The van der Waals surface area contributed by atoms with Crippen LogP contribution in [-0.4, -0.2) is 102 Å². The Kier molecular flexibility index (Phi) is 9.61. The maximum Gasteiger partial charge on any atom is 0.310 e. The van der Waals surface area contributed by atoms with Crippen LogP contribution in [0, 0.1) is 0 Å². The van der Waals surface area contributed by atoms with E-state index in [2.05, 4.69) is 15.6 Å². The Morgan fingerprint density at radius 3 is 2.61 bits per heavy atom. The van der Waals surface area contributed by atoms with Gasteiger partial charge in [0.15, 0.2) is 0 Å². The standard InChI is InChI=1S/C30H37N5O8S/c1-3-15-44(40,41)34-17-20-10-6-8-12-22(32-28(38)26-21-11-7-5-9-19(21)13-14-31-26)29(39)35(20)24(18-34)27(37)33-23-16-25(36)43-30(23)42-4-2/h5-9,11,13-14,20,22-24,30H,3-4,10,12,15-18H2,1-2H3,(H,32,38)(H,33,37)/b8-6-/t20-,22-,23?,24-,30?/m0/s1. The van der Waals surface area contributed by atoms with Gasteiger partial charge in [0.05, 0.1) is 12.2 Å². The number of hydrogen-bond acceptors (Lipinski definition) is 9. The molecule has 2 aromatic rings. The van der Waals surface area contributed by atoms with E-state index in [0.717, 1.165) is 5.39 Å². The van der Waals surface area contributed by atoms with Crippen molar-refractivity contribution in [3.63, 3.8) is 0 Å². The van der Waals surface area contributed by atoms with Gasteiger partial charge >= 0.3 is 5.97 Å². The van der Waals surface area contributed by atoms with Gasteiger partial charge in [-0.25, -0.2) is 8.42 Å². The van der Waals surface area contributed by atoms with Crippen molar-refractivity contribution in [2.75, 3.05) is 25.4 Å². The number of sulfonamides is 1. The van der Waals surface area contributed by atoms with Gasteiger partial charge in [0, 0.05) is 37.3 Å². The minimum atomic E-state index is -3.72. The molecule has 1 aromatic carbocycles. The largest absolute Gasteiger partial charge is 0.433 e. The first-order chi connectivity index (χ1) is 21.1. The third kappa shape index (κ3) is 6.61. The summed E-state index contributed by atoms with van der Waals surface area (Å²) >= 11 is 0. The fraction of sp³-hybridized carbons (Fsp3) is 0.500. The Morgan fingerprint density at radius 1 is 1.07 bits per heavy atom. The number of esters is 1. The molecule has 0 aliphatic carbocycles. The topological polar surface area (TPSA) is 164 Å². The molecule has 2 saturated heterocycles. The summed E-state index contributed by atoms with van der Waals surface area (Å²) in [5, 5.41) is 7.02. The maximum atomic E-state index is 14.2. The van der Waals surface area contributed by atoms with E-state index in [9.17, 15) is 27.6 Å². The molecule has 0 radical (unpaired) electrons. The molecule has 5 atom stereocenters. The number of aromatic nitrogens is 1. The predicted molar refractivity (Wildman–Crippen MR) is 159 cm³/mol. The minimum Gasteiger partial charge on any atom is -0.433 e. The van der Waals surface area contributed by atoms with Crippen LogP contribution < -0.4 is 10.6 Å². The molecule has 0 saturated carbocycles. The number of ether oxygens (including phenoxy) is 2. The molecule has 4 heterocycles. The van der Waals surface area contributed by atoms with Crippen LogP contribution in [0.1, 0.15) is 50.0 Å². The second kappa shape index (κ2) is 13.4. The van der Waals surface area contributed by atoms with Crippen LogP contribution in [0.4, 0.5) is 0 Å². The summed E-state index contributed by atoms with van der Waals surface area (Å²) < 4.78 is 38.3. The van der Waals surface area contributed by atoms with Crippen molar-refractivity contribution in [1.82, 2.24) is 24.8 Å². The van der Waals surface area contributed by atoms with E-state index >= 15 is 0 Å². The summed E-state index contributed by atoms with van der Waals surface area (Å²) in [5.41, 5.74) is 0.163. The Bertz CT molecular complexity index is 1560. The summed E-state index contributed by atoms with van der Waals surface area (Å²) in [6, 6.07) is 5.31. The summed E-state index contributed by atoms with van der Waals surface area (Å²) in [6.07, 6.45) is 4.87. The molecule has 3 aliphatic rings. The summed E-state index contributed by atoms with van der Waals surface area (Å²) in [7, 11) is -3.72. The Morgan fingerprint density at radius 2 is 1.84 bits per heavy atom. The Hall–Kier alpha value is -3.88. The number of pyridine rings is 1. The van der Waals surface area contributed by atoms with Crippen LogP contribution in [0.5, 0.6) is 0 Å². The van der Waals surface area contributed by atoms with E-state index in [-0.39, 0.29) is 44.0 Å². The number of nitrogens with one attached hydrogen (secondary N) is 2. The molecule has 3 aliphatic heterocycles. The van der Waals surface area contributed by atoms with Gasteiger partial charge in [-0.15, -0.1) is 0 Å². The van der Waals surface area contributed by atoms with Crippen molar-refractivity contribution in [2.24, 2.45) is 0 Å². The van der Waals surface area contributed by atoms with Crippen molar-refractivity contribution < 1.29 is 37.1 Å². The first-order valence-electron chi connectivity index (χ1n) is 14.8. The maximum absolute atomic E-state index is 14.2. The van der Waals surface area contributed by atoms with Crippen LogP contribution >= 0.6 is 0 Å². The van der Waals surface area contributed by atoms with Crippen LogP contribution in [-0.2, 0) is 33.9 Å². The molecule has 13 nitrogen and oxygen atoms in total. The number of rotatable bonds is 9. The fourth-order valence-corrected chi connectivity index (χ4v) is 7.48. The highest BCUT2D eigenvalue weighted by Gasteiger charge is 2.47. The number of carbonyl (C=O) groups is 4. The van der Waals surface area contributed by atoms with Gasteiger partial charge < -0.3 is 25.0 Å². The number of cyclic esters (lactones) is 1. The van der Waals surface area contributed by atoms with Crippen LogP contribution in [0.3, 0.4) is 0 Å². The molecule has 44 heavy (non-hydrogen) atoms. The average molecular weight is 628 g/mol. The molecule has 236 valence electrons. The highest BCUT2D eigenvalue weighted by atomic mass is 32.2. The number of hydrogen-bond donors (Lipinski definition) is 2. The lowest BCUT2D eigenvalue weighted by atomic mass is 9.97. The monoisotopic (exact) mass is 627 g/mol. The Labute approximate surface area is 256 Å². The molecule has 1 aromatic heterocycles. The molecular formula is C30H37N5O8S. The molecule has 2 N–H and O–H groups in total. The first-order valence-corrected chi connectivity index (χ1v) is 16.4. The van der Waals surface area contributed by atoms with Gasteiger partial charge in [-0.05, 0) is 37.6 Å². The summed E-state index contributed by atoms with van der Waals surface area (Å²) in [5.74, 6) is -2.35. The van der Waals surface area contributed by atoms with Gasteiger partial charge in [0.2, 0.25) is 28.1 Å². The first kappa shape index (κ1) is 31.5. The lowest BCUT2D eigenvalue weighted by Crippen LogP contribution is -2.68. The zero-order valence-electron chi connectivity index (χ0n) is 24.7. The van der Waals surface area contributed by atoms with Crippen molar-refractivity contribution in [1.29, 1.82) is 0 Å². The molecule has 14 heteroatoms. The van der Waals surface area contributed by atoms with E-state index in [1.807, 2.05) is 18.2 Å². The van der Waals surface area contributed by atoms with Crippen LogP contribution in [0.25, 0.3) is 10.8 Å². The smallest absolute Gasteiger partial charge is 0.310 e. The second-order valence-electron chi connectivity index (χ2n) is 11.0. The van der Waals surface area contributed by atoms with Gasteiger partial charge in [0.25, 0.3) is 5.91 Å². The van der Waals surface area contributed by atoms with Crippen LogP contribution in [0.15, 0.2) is 48.7 Å². The number of fused-ring (bicyclic) bond motifs is 2. The van der Waals surface area contributed by atoms with Crippen molar-refractivity contribution in [3.8, 4) is 0 Å². The molecule has 2 fully saturated rings.